The fourth-order valence-electron chi connectivity index (χ4n) is 3.67. The van der Waals surface area contributed by atoms with E-state index >= 15 is 0 Å². The quantitative estimate of drug-likeness (QED) is 0.244. The molecule has 29 heavy (non-hydrogen) atoms. The molecular weight excluding hydrogens is 416 g/mol. The minimum atomic E-state index is -3.26. The minimum absolute atomic E-state index is 0.167. The normalized spacial score (nSPS) is 29.8. The van der Waals surface area contributed by atoms with E-state index in [2.05, 4.69) is 21.9 Å². The number of nitrogens with zero attached hydrogens (tertiary/aromatic N) is 4. The fraction of sp³-hybridized carbons (Fsp3) is 0.688. The molecule has 13 heteroatoms. The molecule has 2 aromatic rings. The summed E-state index contributed by atoms with van der Waals surface area (Å²) in [5.41, 5.74) is 6.99. The van der Waals surface area contributed by atoms with Gasteiger partial charge in [-0.1, -0.05) is 6.92 Å². The zero-order chi connectivity index (χ0) is 20.6. The third-order valence-corrected chi connectivity index (χ3v) is 7.59. The maximum absolute atomic E-state index is 11.0. The molecule has 4 rings (SSSR count). The summed E-state index contributed by atoms with van der Waals surface area (Å²) >= 11 is 1.58. The van der Waals surface area contributed by atoms with E-state index in [-0.39, 0.29) is 12.4 Å². The van der Waals surface area contributed by atoms with Gasteiger partial charge in [0.2, 0.25) is 0 Å². The summed E-state index contributed by atoms with van der Waals surface area (Å²) in [6, 6.07) is 0. The predicted octanol–water partition coefficient (Wildman–Crippen LogP) is 0.790. The van der Waals surface area contributed by atoms with Gasteiger partial charge < -0.3 is 0 Å². The number of unbranched alkanes of at least 4 members (excludes halogenated alkanes) is 3. The van der Waals surface area contributed by atoms with E-state index < -0.39 is 32.4 Å². The molecule has 0 radical (unpaired) electrons. The van der Waals surface area contributed by atoms with Crippen molar-refractivity contribution in [2.75, 3.05) is 18.1 Å². The molecule has 2 aliphatic heterocycles. The average Bonchev–Trinajstić information content (AvgIpc) is 3.19. The second-order valence-corrected chi connectivity index (χ2v) is 10.8. The van der Waals surface area contributed by atoms with Crippen molar-refractivity contribution in [3.05, 3.63) is 6.33 Å². The summed E-state index contributed by atoms with van der Waals surface area (Å²) in [6.07, 6.45) is 3.04. The Bertz CT molecular complexity index is 874. The first-order valence-corrected chi connectivity index (χ1v) is 13.1. The van der Waals surface area contributed by atoms with Crippen molar-refractivity contribution in [3.63, 3.8) is 0 Å². The summed E-state index contributed by atoms with van der Waals surface area (Å²) in [4.78, 5) is 23.2. The van der Waals surface area contributed by atoms with Gasteiger partial charge in [0.05, 0.1) is 0 Å². The molecule has 4 N–H and O–H groups in total. The van der Waals surface area contributed by atoms with Crippen LogP contribution in [0, 0.1) is 0 Å². The Morgan fingerprint density at radius 1 is 1.38 bits per heavy atom. The van der Waals surface area contributed by atoms with Crippen LogP contribution < -0.4 is 5.73 Å². The number of thioether (sulfide) groups is 1. The van der Waals surface area contributed by atoms with Crippen LogP contribution in [0.15, 0.2) is 11.5 Å². The van der Waals surface area contributed by atoms with Crippen LogP contribution in [0.4, 0.5) is 5.82 Å². The van der Waals surface area contributed by atoms with Crippen LogP contribution in [0.3, 0.4) is 0 Å². The first-order chi connectivity index (χ1) is 13.9. The molecule has 4 atom stereocenters. The van der Waals surface area contributed by atoms with E-state index in [1.807, 2.05) is 0 Å². The second kappa shape index (κ2) is 8.62. The van der Waals surface area contributed by atoms with Crippen molar-refractivity contribution < 1.29 is 23.8 Å². The van der Waals surface area contributed by atoms with Gasteiger partial charge in [-0.3, -0.25) is 0 Å². The first kappa shape index (κ1) is 21.2. The van der Waals surface area contributed by atoms with Crippen LogP contribution in [0.5, 0.6) is 0 Å². The van der Waals surface area contributed by atoms with Gasteiger partial charge >= 0.3 is 167 Å². The molecule has 160 valence electrons. The maximum atomic E-state index is 11.0. The van der Waals surface area contributed by atoms with Gasteiger partial charge in [-0.05, 0) is 0 Å². The van der Waals surface area contributed by atoms with Crippen LogP contribution in [-0.2, 0) is 13.8 Å². The molecule has 0 spiro atoms. The number of hydrogen-bond acceptors (Lipinski definition) is 10. The summed E-state index contributed by atoms with van der Waals surface area (Å²) in [5, 5.41) is 11.6. The first-order valence-electron chi connectivity index (χ1n) is 9.90. The molecule has 2 aromatic heterocycles. The number of fused-ring (bicyclic) bond motifs is 2. The van der Waals surface area contributed by atoms with Crippen molar-refractivity contribution >= 4 is 44.1 Å². The van der Waals surface area contributed by atoms with Crippen LogP contribution >= 0.6 is 19.6 Å². The van der Waals surface area contributed by atoms with Crippen LogP contribution in [0.1, 0.15) is 38.8 Å². The molecule has 2 aliphatic rings. The zero-order valence-corrected chi connectivity index (χ0v) is 18.3. The van der Waals surface area contributed by atoms with Gasteiger partial charge in [0.15, 0.2) is 0 Å². The molecule has 10 nitrogen and oxygen atoms in total. The summed E-state index contributed by atoms with van der Waals surface area (Å²) in [7, 11) is -1.73. The summed E-state index contributed by atoms with van der Waals surface area (Å²) in [5.74, 6) is 1.16. The number of hydrogen-bond donors (Lipinski definition) is 3. The monoisotopic (exact) mass is 443 g/mol. The van der Waals surface area contributed by atoms with Crippen molar-refractivity contribution in [1.29, 1.82) is 0 Å². The van der Waals surface area contributed by atoms with E-state index in [0.29, 0.717) is 16.3 Å². The second-order valence-electron chi connectivity index (χ2n) is 7.45. The van der Waals surface area contributed by atoms with Gasteiger partial charge in [-0.2, -0.15) is 0 Å². The van der Waals surface area contributed by atoms with Gasteiger partial charge in [-0.25, -0.2) is 0 Å². The number of imidazole rings is 1. The van der Waals surface area contributed by atoms with E-state index in [4.69, 9.17) is 19.5 Å². The summed E-state index contributed by atoms with van der Waals surface area (Å²) < 4.78 is 18.9. The molecular formula is C16H27BN5O5PS. The molecule has 0 aliphatic carbocycles. The predicted molar refractivity (Wildman–Crippen MR) is 114 cm³/mol. The number of nitrogens with two attached hydrogens (primary N) is 1. The summed E-state index contributed by atoms with van der Waals surface area (Å²) in [6.45, 7) is 2.35. The topological polar surface area (TPSA) is 138 Å². The zero-order valence-electron chi connectivity index (χ0n) is 16.5. The van der Waals surface area contributed by atoms with E-state index in [1.54, 1.807) is 16.3 Å². The van der Waals surface area contributed by atoms with E-state index in [1.165, 1.54) is 26.7 Å². The van der Waals surface area contributed by atoms with Crippen molar-refractivity contribution in [1.82, 2.24) is 19.5 Å². The molecule has 0 saturated carbocycles. The Labute approximate surface area is 174 Å². The van der Waals surface area contributed by atoms with Gasteiger partial charge in [-0.15, -0.1) is 0 Å². The molecule has 1 unspecified atom stereocenters. The number of rotatable bonds is 7. The third-order valence-electron chi connectivity index (χ3n) is 5.14. The Hall–Kier alpha value is -1.01. The third kappa shape index (κ3) is 4.25. The molecule has 2 fully saturated rings. The number of aliphatic hydroxyl groups excluding tert-OH is 1. The number of aliphatic hydroxyl groups is 1. The van der Waals surface area contributed by atoms with Crippen molar-refractivity contribution in [2.45, 2.75) is 62.3 Å². The van der Waals surface area contributed by atoms with Gasteiger partial charge in [0.25, 0.3) is 0 Å². The molecule has 0 aromatic carbocycles. The van der Waals surface area contributed by atoms with Crippen molar-refractivity contribution in [3.8, 4) is 0 Å². The van der Waals surface area contributed by atoms with E-state index in [9.17, 15) is 10.00 Å². The van der Waals surface area contributed by atoms with Crippen LogP contribution in [0.25, 0.3) is 11.2 Å². The van der Waals surface area contributed by atoms with Gasteiger partial charge in [0.1, 0.15) is 0 Å². The standard InChI is InChI=1S/C16H27BN5O5PS/c1-2-3-4-5-6-29-16-21-10-13(18)19-8-20-14(10)22(16)15-11(23)12-9(26-15)7-25-28(17,24)27-12/h8-9,11-12,15,23-24,28H,2-7,17H2,1H3,(H2,18,19,20)/t9-,11?,12-,15-/m1/s1. The number of anilines is 1. The molecule has 0 amide bonds. The van der Waals surface area contributed by atoms with Crippen LogP contribution in [-0.4, -0.2) is 67.8 Å². The average molecular weight is 443 g/mol. The Morgan fingerprint density at radius 2 is 2.21 bits per heavy atom. The molecule has 0 bridgehead atoms. The number of aromatic nitrogens is 4. The van der Waals surface area contributed by atoms with Crippen molar-refractivity contribution in [2.24, 2.45) is 0 Å². The van der Waals surface area contributed by atoms with E-state index in [0.717, 1.165) is 18.6 Å². The Balaban J connectivity index is 1.63. The SMILES string of the molecule is B[PH]1(O)OC[C@H]2O[C@@H](n3c(SCCCCCC)nc4c(N)ncnc43)C(O)[C@@H]2O1. The molecule has 4 heterocycles. The fourth-order valence-corrected chi connectivity index (χ4v) is 6.02. The Morgan fingerprint density at radius 3 is 3.00 bits per heavy atom. The van der Waals surface area contributed by atoms with Gasteiger partial charge in [0, 0.05) is 0 Å². The Kier molecular flexibility index (Phi) is 6.31. The van der Waals surface area contributed by atoms with Crippen LogP contribution in [0.2, 0.25) is 0 Å². The number of ether oxygens (including phenoxy) is 1. The number of nitrogen functional groups attached to an aromatic ring is 1. The molecule has 2 saturated heterocycles.